The molecule has 35 heavy (non-hydrogen) atoms. The van der Waals surface area contributed by atoms with Gasteiger partial charge in [0.05, 0.1) is 21.9 Å². The maximum absolute atomic E-state index is 13.7. The zero-order valence-corrected chi connectivity index (χ0v) is 21.3. The third-order valence-corrected chi connectivity index (χ3v) is 9.37. The van der Waals surface area contributed by atoms with Gasteiger partial charge in [-0.05, 0) is 82.3 Å². The number of fused-ring (bicyclic) bond motifs is 1. The molecule has 8 nitrogen and oxygen atoms in total. The summed E-state index contributed by atoms with van der Waals surface area (Å²) in [5.41, 5.74) is 2.78. The Labute approximate surface area is 206 Å². The molecule has 3 heterocycles. The molecule has 2 aliphatic rings. The molecule has 3 aromatic rings. The Morgan fingerprint density at radius 1 is 1.11 bits per heavy atom. The van der Waals surface area contributed by atoms with Crippen molar-refractivity contribution in [1.29, 1.82) is 0 Å². The van der Waals surface area contributed by atoms with Crippen LogP contribution in [0.1, 0.15) is 50.0 Å². The predicted molar refractivity (Wildman–Crippen MR) is 138 cm³/mol. The summed E-state index contributed by atoms with van der Waals surface area (Å²) in [7, 11) is -3.58. The third-order valence-electron chi connectivity index (χ3n) is 7.45. The van der Waals surface area contributed by atoms with Crippen molar-refractivity contribution in [2.45, 2.75) is 57.3 Å². The lowest BCUT2D eigenvalue weighted by molar-refractivity contribution is 0.352. The highest BCUT2D eigenvalue weighted by Gasteiger charge is 2.27. The molecule has 9 heteroatoms. The van der Waals surface area contributed by atoms with Gasteiger partial charge in [0.25, 0.3) is 5.56 Å². The van der Waals surface area contributed by atoms with Crippen LogP contribution in [0.2, 0.25) is 0 Å². The van der Waals surface area contributed by atoms with Crippen LogP contribution in [-0.2, 0) is 9.84 Å². The van der Waals surface area contributed by atoms with E-state index >= 15 is 0 Å². The van der Waals surface area contributed by atoms with Crippen LogP contribution in [0, 0.1) is 19.8 Å². The Bertz CT molecular complexity index is 1360. The highest BCUT2D eigenvalue weighted by Crippen LogP contribution is 2.36. The van der Waals surface area contributed by atoms with E-state index in [0.717, 1.165) is 50.9 Å². The smallest absolute Gasteiger partial charge is 0.271 e. The fourth-order valence-corrected chi connectivity index (χ4v) is 7.58. The summed E-state index contributed by atoms with van der Waals surface area (Å²) in [6.45, 7) is 7.31. The van der Waals surface area contributed by atoms with Gasteiger partial charge in [-0.2, -0.15) is 0 Å². The predicted octanol–water partition coefficient (Wildman–Crippen LogP) is 4.27. The van der Waals surface area contributed by atoms with E-state index in [0.29, 0.717) is 40.2 Å². The Balaban J connectivity index is 1.57. The van der Waals surface area contributed by atoms with Crippen molar-refractivity contribution in [3.05, 3.63) is 40.0 Å². The first-order valence-corrected chi connectivity index (χ1v) is 14.3. The Kier molecular flexibility index (Phi) is 6.72. The summed E-state index contributed by atoms with van der Waals surface area (Å²) >= 11 is 0. The molecule has 0 bridgehead atoms. The molecule has 2 N–H and O–H groups in total. The van der Waals surface area contributed by atoms with Crippen molar-refractivity contribution in [3.63, 3.8) is 0 Å². The highest BCUT2D eigenvalue weighted by molar-refractivity contribution is 7.91. The van der Waals surface area contributed by atoms with Crippen LogP contribution in [0.3, 0.4) is 0 Å². The second-order valence-electron chi connectivity index (χ2n) is 10.1. The number of aromatic amines is 1. The molecule has 0 radical (unpaired) electrons. The molecule has 188 valence electrons. The molecule has 0 unspecified atom stereocenters. The zero-order valence-electron chi connectivity index (χ0n) is 20.5. The van der Waals surface area contributed by atoms with Gasteiger partial charge >= 0.3 is 0 Å². The van der Waals surface area contributed by atoms with E-state index in [-0.39, 0.29) is 22.1 Å². The number of likely N-dealkylation sites (tertiary alicyclic amines) is 1. The number of anilines is 1. The number of aryl methyl sites for hydroxylation is 2. The molecule has 1 saturated carbocycles. The third kappa shape index (κ3) is 5.02. The molecule has 2 aromatic heterocycles. The topological polar surface area (TPSA) is 108 Å². The average Bonchev–Trinajstić information content (AvgIpc) is 3.57. The van der Waals surface area contributed by atoms with Crippen molar-refractivity contribution in [2.24, 2.45) is 5.92 Å². The van der Waals surface area contributed by atoms with E-state index < -0.39 is 9.84 Å². The normalized spacial score (nSPS) is 17.5. The fraction of sp³-hybridized carbons (Fsp3) is 0.538. The SMILES string of the molecule is Cc1noc(C)c1-c1cc(S(=O)(=O)CC2CCCC2)c2cc(NCCN3CCCC3)c(=O)[nH]c2c1. The molecule has 1 aliphatic carbocycles. The Morgan fingerprint density at radius 2 is 1.86 bits per heavy atom. The largest absolute Gasteiger partial charge is 0.379 e. The van der Waals surface area contributed by atoms with E-state index in [1.165, 1.54) is 12.8 Å². The number of hydrogen-bond acceptors (Lipinski definition) is 7. The molecule has 5 rings (SSSR count). The van der Waals surface area contributed by atoms with Crippen molar-refractivity contribution in [3.8, 4) is 11.1 Å². The lowest BCUT2D eigenvalue weighted by atomic mass is 10.0. The maximum Gasteiger partial charge on any atom is 0.271 e. The number of pyridine rings is 1. The van der Waals surface area contributed by atoms with E-state index in [1.807, 2.05) is 19.9 Å². The molecular formula is C26H34N4O4S. The number of benzene rings is 1. The number of nitrogens with one attached hydrogen (secondary N) is 2. The van der Waals surface area contributed by atoms with Crippen molar-refractivity contribution in [1.82, 2.24) is 15.0 Å². The fourth-order valence-electron chi connectivity index (χ4n) is 5.64. The second kappa shape index (κ2) is 9.78. The number of nitrogens with zero attached hydrogens (tertiary/aromatic N) is 2. The van der Waals surface area contributed by atoms with Crippen molar-refractivity contribution >= 4 is 26.4 Å². The van der Waals surface area contributed by atoms with Gasteiger partial charge in [-0.25, -0.2) is 8.42 Å². The van der Waals surface area contributed by atoms with Gasteiger partial charge < -0.3 is 19.7 Å². The van der Waals surface area contributed by atoms with E-state index in [9.17, 15) is 13.2 Å². The van der Waals surface area contributed by atoms with Gasteiger partial charge in [0, 0.05) is 24.0 Å². The lowest BCUT2D eigenvalue weighted by Crippen LogP contribution is -2.27. The summed E-state index contributed by atoms with van der Waals surface area (Å²) in [5.74, 6) is 0.923. The first-order valence-electron chi connectivity index (χ1n) is 12.6. The van der Waals surface area contributed by atoms with Crippen LogP contribution in [-0.4, -0.2) is 55.4 Å². The first-order chi connectivity index (χ1) is 16.8. The van der Waals surface area contributed by atoms with Gasteiger partial charge in [-0.3, -0.25) is 4.79 Å². The van der Waals surface area contributed by atoms with Gasteiger partial charge in [-0.1, -0.05) is 18.0 Å². The Morgan fingerprint density at radius 3 is 2.54 bits per heavy atom. The monoisotopic (exact) mass is 498 g/mol. The quantitative estimate of drug-likeness (QED) is 0.477. The Hall–Kier alpha value is -2.65. The second-order valence-corrected chi connectivity index (χ2v) is 12.1. The molecule has 0 amide bonds. The molecule has 0 spiro atoms. The number of hydrogen-bond donors (Lipinski definition) is 2. The van der Waals surface area contributed by atoms with E-state index in [2.05, 4.69) is 20.4 Å². The van der Waals surface area contributed by atoms with Crippen molar-refractivity contribution in [2.75, 3.05) is 37.2 Å². The minimum absolute atomic E-state index is 0.129. The highest BCUT2D eigenvalue weighted by atomic mass is 32.2. The molecule has 0 atom stereocenters. The summed E-state index contributed by atoms with van der Waals surface area (Å²) in [6.07, 6.45) is 6.48. The number of sulfone groups is 1. The zero-order chi connectivity index (χ0) is 24.6. The van der Waals surface area contributed by atoms with Gasteiger partial charge in [0.15, 0.2) is 9.84 Å². The summed E-state index contributed by atoms with van der Waals surface area (Å²) in [6, 6.07) is 5.26. The molecule has 1 aliphatic heterocycles. The van der Waals surface area contributed by atoms with Gasteiger partial charge in [-0.15, -0.1) is 0 Å². The summed E-state index contributed by atoms with van der Waals surface area (Å²) < 4.78 is 32.8. The van der Waals surface area contributed by atoms with Crippen LogP contribution in [0.15, 0.2) is 32.4 Å². The molecular weight excluding hydrogens is 464 g/mol. The van der Waals surface area contributed by atoms with Crippen LogP contribution in [0.5, 0.6) is 0 Å². The summed E-state index contributed by atoms with van der Waals surface area (Å²) in [5, 5.41) is 7.82. The van der Waals surface area contributed by atoms with E-state index in [4.69, 9.17) is 4.52 Å². The van der Waals surface area contributed by atoms with Crippen LogP contribution in [0.4, 0.5) is 5.69 Å². The number of H-pyrrole nitrogens is 1. The first kappa shape index (κ1) is 24.1. The maximum atomic E-state index is 13.7. The molecule has 1 aromatic carbocycles. The number of rotatable bonds is 8. The lowest BCUT2D eigenvalue weighted by Gasteiger charge is -2.17. The molecule has 1 saturated heterocycles. The van der Waals surface area contributed by atoms with Gasteiger partial charge in [0.1, 0.15) is 11.4 Å². The van der Waals surface area contributed by atoms with Crippen LogP contribution < -0.4 is 10.9 Å². The van der Waals surface area contributed by atoms with Crippen LogP contribution in [0.25, 0.3) is 22.0 Å². The summed E-state index contributed by atoms with van der Waals surface area (Å²) in [4.78, 5) is 18.5. The minimum atomic E-state index is -3.58. The van der Waals surface area contributed by atoms with Crippen LogP contribution >= 0.6 is 0 Å². The van der Waals surface area contributed by atoms with Gasteiger partial charge in [0.2, 0.25) is 0 Å². The number of aromatic nitrogens is 2. The average molecular weight is 499 g/mol. The minimum Gasteiger partial charge on any atom is -0.379 e. The standard InChI is InChI=1S/C26H34N4O4S/c1-17-25(18(2)34-29-17)20-13-22-21(24(14-20)35(32,33)16-19-7-3-4-8-19)15-23(26(31)28-22)27-9-12-30-10-5-6-11-30/h13-15,19,27H,3-12,16H2,1-2H3,(H,28,31). The van der Waals surface area contributed by atoms with Crippen molar-refractivity contribution < 1.29 is 12.9 Å². The van der Waals surface area contributed by atoms with E-state index in [1.54, 1.807) is 12.1 Å². The molecule has 2 fully saturated rings.